The minimum absolute atomic E-state index is 0.00683. The molecular weight excluding hydrogens is 368 g/mol. The molecule has 0 heterocycles. The van der Waals surface area contributed by atoms with Gasteiger partial charge >= 0.3 is 0 Å². The summed E-state index contributed by atoms with van der Waals surface area (Å²) in [6.45, 7) is 3.11. The highest BCUT2D eigenvalue weighted by Gasteiger charge is 2.18. The lowest BCUT2D eigenvalue weighted by atomic mass is 10.1. The van der Waals surface area contributed by atoms with Gasteiger partial charge in [0, 0.05) is 17.6 Å². The maximum Gasteiger partial charge on any atom is 0.237 e. The van der Waals surface area contributed by atoms with Gasteiger partial charge in [-0.2, -0.15) is 0 Å². The highest BCUT2D eigenvalue weighted by atomic mass is 79.9. The van der Waals surface area contributed by atoms with Crippen molar-refractivity contribution in [3.8, 4) is 5.75 Å². The minimum atomic E-state index is -0.220. The second-order valence-corrected chi connectivity index (χ2v) is 6.61. The third-order valence-electron chi connectivity index (χ3n) is 4.02. The molecule has 0 saturated carbocycles. The standard InChI is InChI=1S/C19H23BrN2O2/c1-14(22(2)13-16-8-4-5-10-18(16)20)19(23)21-12-15-7-6-9-17(11-15)24-3/h4-11,14H,12-13H2,1-3H3,(H,21,23). The number of hydrogen-bond acceptors (Lipinski definition) is 3. The molecule has 1 N–H and O–H groups in total. The predicted molar refractivity (Wildman–Crippen MR) is 99.9 cm³/mol. The maximum absolute atomic E-state index is 12.4. The van der Waals surface area contributed by atoms with Crippen LogP contribution in [-0.2, 0) is 17.9 Å². The Kier molecular flexibility index (Phi) is 6.82. The Morgan fingerprint density at radius 3 is 2.71 bits per heavy atom. The monoisotopic (exact) mass is 390 g/mol. The molecule has 0 aliphatic rings. The van der Waals surface area contributed by atoms with Crippen LogP contribution in [0.2, 0.25) is 0 Å². The van der Waals surface area contributed by atoms with E-state index in [2.05, 4.69) is 27.3 Å². The quantitative estimate of drug-likeness (QED) is 0.784. The molecule has 5 heteroatoms. The van der Waals surface area contributed by atoms with E-state index in [4.69, 9.17) is 4.74 Å². The highest BCUT2D eigenvalue weighted by molar-refractivity contribution is 9.10. The molecule has 0 bridgehead atoms. The van der Waals surface area contributed by atoms with Crippen molar-refractivity contribution in [2.24, 2.45) is 0 Å². The lowest BCUT2D eigenvalue weighted by molar-refractivity contribution is -0.125. The first-order chi connectivity index (χ1) is 11.5. The van der Waals surface area contributed by atoms with Gasteiger partial charge in [-0.3, -0.25) is 9.69 Å². The van der Waals surface area contributed by atoms with E-state index >= 15 is 0 Å². The lowest BCUT2D eigenvalue weighted by Crippen LogP contribution is -2.42. The first-order valence-corrected chi connectivity index (χ1v) is 8.65. The molecular formula is C19H23BrN2O2. The van der Waals surface area contributed by atoms with Crippen LogP contribution in [0.25, 0.3) is 0 Å². The van der Waals surface area contributed by atoms with Gasteiger partial charge in [0.25, 0.3) is 0 Å². The number of nitrogens with zero attached hydrogens (tertiary/aromatic N) is 1. The van der Waals surface area contributed by atoms with E-state index < -0.39 is 0 Å². The van der Waals surface area contributed by atoms with Gasteiger partial charge in [-0.05, 0) is 43.3 Å². The van der Waals surface area contributed by atoms with E-state index in [1.165, 1.54) is 0 Å². The average molecular weight is 391 g/mol. The fourth-order valence-corrected chi connectivity index (χ4v) is 2.76. The van der Waals surface area contributed by atoms with E-state index in [1.807, 2.05) is 61.3 Å². The summed E-state index contributed by atoms with van der Waals surface area (Å²) in [5, 5.41) is 2.98. The highest BCUT2D eigenvalue weighted by Crippen LogP contribution is 2.18. The molecule has 1 atom stereocenters. The number of carbonyl (C=O) groups excluding carboxylic acids is 1. The molecule has 1 amide bonds. The SMILES string of the molecule is COc1cccc(CNC(=O)C(C)N(C)Cc2ccccc2Br)c1. The normalized spacial score (nSPS) is 12.0. The number of halogens is 1. The topological polar surface area (TPSA) is 41.6 Å². The van der Waals surface area contributed by atoms with Gasteiger partial charge in [0.15, 0.2) is 0 Å². The van der Waals surface area contributed by atoms with Crippen LogP contribution >= 0.6 is 15.9 Å². The first kappa shape index (κ1) is 18.5. The minimum Gasteiger partial charge on any atom is -0.497 e. The molecule has 128 valence electrons. The average Bonchev–Trinajstić information content (AvgIpc) is 2.61. The second kappa shape index (κ2) is 8.85. The van der Waals surface area contributed by atoms with Gasteiger partial charge in [0.05, 0.1) is 13.2 Å². The Morgan fingerprint density at radius 1 is 1.25 bits per heavy atom. The number of hydrogen-bond donors (Lipinski definition) is 1. The third kappa shape index (κ3) is 5.08. The van der Waals surface area contributed by atoms with Gasteiger partial charge in [-0.25, -0.2) is 0 Å². The van der Waals surface area contributed by atoms with Crippen molar-refractivity contribution < 1.29 is 9.53 Å². The second-order valence-electron chi connectivity index (χ2n) is 5.75. The molecule has 0 spiro atoms. The van der Waals surface area contributed by atoms with Crippen molar-refractivity contribution in [3.05, 3.63) is 64.1 Å². The molecule has 1 unspecified atom stereocenters. The van der Waals surface area contributed by atoms with Crippen LogP contribution in [0.3, 0.4) is 0 Å². The fraction of sp³-hybridized carbons (Fsp3) is 0.316. The van der Waals surface area contributed by atoms with Crippen LogP contribution in [0.5, 0.6) is 5.75 Å². The van der Waals surface area contributed by atoms with E-state index in [0.717, 1.165) is 21.3 Å². The van der Waals surface area contributed by atoms with Crippen molar-refractivity contribution in [2.75, 3.05) is 14.2 Å². The Labute approximate surface area is 151 Å². The summed E-state index contributed by atoms with van der Waals surface area (Å²) in [5.41, 5.74) is 2.18. The Morgan fingerprint density at radius 2 is 2.00 bits per heavy atom. The summed E-state index contributed by atoms with van der Waals surface area (Å²) in [4.78, 5) is 14.4. The fourth-order valence-electron chi connectivity index (χ4n) is 2.35. The Hall–Kier alpha value is -1.85. The first-order valence-electron chi connectivity index (χ1n) is 7.85. The number of rotatable bonds is 7. The van der Waals surface area contributed by atoms with Gasteiger partial charge < -0.3 is 10.1 Å². The molecule has 24 heavy (non-hydrogen) atoms. The largest absolute Gasteiger partial charge is 0.497 e. The molecule has 0 aromatic heterocycles. The molecule has 2 aromatic carbocycles. The number of likely N-dealkylation sites (N-methyl/N-ethyl adjacent to an activating group) is 1. The summed E-state index contributed by atoms with van der Waals surface area (Å²) in [5.74, 6) is 0.799. The van der Waals surface area contributed by atoms with Gasteiger partial charge in [0.2, 0.25) is 5.91 Å². The van der Waals surface area contributed by atoms with Crippen molar-refractivity contribution in [1.29, 1.82) is 0 Å². The van der Waals surface area contributed by atoms with Crippen molar-refractivity contribution in [1.82, 2.24) is 10.2 Å². The number of nitrogens with one attached hydrogen (secondary N) is 1. The number of carbonyl (C=O) groups is 1. The number of amides is 1. The number of methoxy groups -OCH3 is 1. The van der Waals surface area contributed by atoms with Gasteiger partial charge in [-0.15, -0.1) is 0 Å². The molecule has 2 aromatic rings. The predicted octanol–water partition coefficient (Wildman–Crippen LogP) is 3.59. The van der Waals surface area contributed by atoms with E-state index in [0.29, 0.717) is 13.1 Å². The lowest BCUT2D eigenvalue weighted by Gasteiger charge is -2.24. The zero-order chi connectivity index (χ0) is 17.5. The molecule has 0 aliphatic heterocycles. The van der Waals surface area contributed by atoms with E-state index in [9.17, 15) is 4.79 Å². The van der Waals surface area contributed by atoms with Gasteiger partial charge in [0.1, 0.15) is 5.75 Å². The van der Waals surface area contributed by atoms with Crippen LogP contribution in [0.4, 0.5) is 0 Å². The Bertz CT molecular complexity index is 691. The summed E-state index contributed by atoms with van der Waals surface area (Å²) in [7, 11) is 3.59. The molecule has 2 rings (SSSR count). The summed E-state index contributed by atoms with van der Waals surface area (Å²) < 4.78 is 6.26. The van der Waals surface area contributed by atoms with Crippen LogP contribution in [0, 0.1) is 0 Å². The number of benzene rings is 2. The van der Waals surface area contributed by atoms with Gasteiger partial charge in [-0.1, -0.05) is 46.3 Å². The zero-order valence-corrected chi connectivity index (χ0v) is 15.8. The smallest absolute Gasteiger partial charge is 0.237 e. The van der Waals surface area contributed by atoms with Crippen molar-refractivity contribution in [3.63, 3.8) is 0 Å². The molecule has 0 fully saturated rings. The Balaban J connectivity index is 1.90. The molecule has 0 aliphatic carbocycles. The maximum atomic E-state index is 12.4. The molecule has 0 saturated heterocycles. The number of ether oxygens (including phenoxy) is 1. The van der Waals surface area contributed by atoms with Crippen molar-refractivity contribution in [2.45, 2.75) is 26.1 Å². The zero-order valence-electron chi connectivity index (χ0n) is 14.3. The summed E-state index contributed by atoms with van der Waals surface area (Å²) >= 11 is 3.55. The van der Waals surface area contributed by atoms with Crippen LogP contribution in [0.1, 0.15) is 18.1 Å². The summed E-state index contributed by atoms with van der Waals surface area (Å²) in [6, 6.07) is 15.5. The molecule has 4 nitrogen and oxygen atoms in total. The molecule has 0 radical (unpaired) electrons. The van der Waals surface area contributed by atoms with Crippen LogP contribution in [0.15, 0.2) is 53.0 Å². The van der Waals surface area contributed by atoms with Crippen LogP contribution in [-0.4, -0.2) is 31.0 Å². The van der Waals surface area contributed by atoms with E-state index in [-0.39, 0.29) is 11.9 Å². The third-order valence-corrected chi connectivity index (χ3v) is 4.79. The van der Waals surface area contributed by atoms with Crippen molar-refractivity contribution >= 4 is 21.8 Å². The summed E-state index contributed by atoms with van der Waals surface area (Å²) in [6.07, 6.45) is 0. The van der Waals surface area contributed by atoms with E-state index in [1.54, 1.807) is 7.11 Å². The van der Waals surface area contributed by atoms with Crippen LogP contribution < -0.4 is 10.1 Å².